The molecule has 0 aliphatic carbocycles. The Morgan fingerprint density at radius 2 is 2.13 bits per heavy atom. The first-order valence-electron chi connectivity index (χ1n) is 6.98. The Balaban J connectivity index is 1.62. The lowest BCUT2D eigenvalue weighted by Crippen LogP contribution is -2.30. The molecule has 0 fully saturated rings. The van der Waals surface area contributed by atoms with E-state index in [2.05, 4.69) is 20.7 Å². The van der Waals surface area contributed by atoms with Crippen molar-refractivity contribution in [1.82, 2.24) is 25.5 Å². The highest BCUT2D eigenvalue weighted by Crippen LogP contribution is 2.18. The average molecular weight is 331 g/mol. The summed E-state index contributed by atoms with van der Waals surface area (Å²) in [5, 5.41) is 16.7. The highest BCUT2D eigenvalue weighted by Gasteiger charge is 2.13. The van der Waals surface area contributed by atoms with Gasteiger partial charge in [-0.15, -0.1) is 21.5 Å². The first kappa shape index (κ1) is 15.3. The van der Waals surface area contributed by atoms with Crippen LogP contribution < -0.4 is 5.32 Å². The van der Waals surface area contributed by atoms with Crippen molar-refractivity contribution in [3.05, 3.63) is 52.5 Å². The zero-order valence-electron chi connectivity index (χ0n) is 12.3. The number of rotatable bonds is 5. The van der Waals surface area contributed by atoms with Crippen LogP contribution in [-0.2, 0) is 11.3 Å². The molecule has 0 unspecified atom stereocenters. The van der Waals surface area contributed by atoms with Crippen molar-refractivity contribution in [3.8, 4) is 11.4 Å². The fraction of sp³-hybridized carbons (Fsp3) is 0.200. The summed E-state index contributed by atoms with van der Waals surface area (Å²) in [5.74, 6) is -0.179. The van der Waals surface area contributed by atoms with E-state index in [1.165, 1.54) is 16.9 Å². The molecule has 2 heterocycles. The third-order valence-electron chi connectivity index (χ3n) is 3.19. The van der Waals surface area contributed by atoms with Gasteiger partial charge < -0.3 is 5.32 Å². The number of aromatic nitrogens is 4. The maximum Gasteiger partial charge on any atom is 0.244 e. The molecule has 6 nitrogen and oxygen atoms in total. The SMILES string of the molecule is C[C@@H](NC(=O)Cn1nnc(-c2ccc(F)cc2)n1)c1cccs1. The van der Waals surface area contributed by atoms with Crippen LogP contribution in [0.25, 0.3) is 11.4 Å². The molecule has 0 aliphatic rings. The van der Waals surface area contributed by atoms with E-state index in [0.717, 1.165) is 4.88 Å². The quantitative estimate of drug-likeness (QED) is 0.779. The second kappa shape index (κ2) is 6.66. The van der Waals surface area contributed by atoms with Gasteiger partial charge in [0, 0.05) is 10.4 Å². The van der Waals surface area contributed by atoms with Gasteiger partial charge in [0.15, 0.2) is 0 Å². The zero-order valence-corrected chi connectivity index (χ0v) is 13.1. The molecule has 23 heavy (non-hydrogen) atoms. The number of nitrogens with one attached hydrogen (secondary N) is 1. The summed E-state index contributed by atoms with van der Waals surface area (Å²) in [6, 6.07) is 9.62. The van der Waals surface area contributed by atoms with Gasteiger partial charge in [0.05, 0.1) is 6.04 Å². The summed E-state index contributed by atoms with van der Waals surface area (Å²) < 4.78 is 12.9. The highest BCUT2D eigenvalue weighted by molar-refractivity contribution is 7.10. The second-order valence-corrected chi connectivity index (χ2v) is 5.93. The predicted molar refractivity (Wildman–Crippen MR) is 84.1 cm³/mol. The maximum absolute atomic E-state index is 12.9. The van der Waals surface area contributed by atoms with Crippen molar-refractivity contribution >= 4 is 17.2 Å². The van der Waals surface area contributed by atoms with E-state index in [0.29, 0.717) is 11.4 Å². The summed E-state index contributed by atoms with van der Waals surface area (Å²) in [7, 11) is 0. The summed E-state index contributed by atoms with van der Waals surface area (Å²) >= 11 is 1.59. The van der Waals surface area contributed by atoms with E-state index in [1.807, 2.05) is 24.4 Å². The summed E-state index contributed by atoms with van der Waals surface area (Å²) in [6.07, 6.45) is 0. The summed E-state index contributed by atoms with van der Waals surface area (Å²) in [6.45, 7) is 1.90. The molecule has 0 radical (unpaired) electrons. The molecule has 118 valence electrons. The van der Waals surface area contributed by atoms with E-state index >= 15 is 0 Å². The Morgan fingerprint density at radius 1 is 1.35 bits per heavy atom. The molecule has 2 aromatic heterocycles. The molecule has 1 atom stereocenters. The third-order valence-corrected chi connectivity index (χ3v) is 4.24. The molecule has 1 amide bonds. The van der Waals surface area contributed by atoms with Gasteiger partial charge in [-0.05, 0) is 47.8 Å². The molecule has 0 aliphatic heterocycles. The highest BCUT2D eigenvalue weighted by atomic mass is 32.1. The van der Waals surface area contributed by atoms with Crippen LogP contribution in [0.5, 0.6) is 0 Å². The van der Waals surface area contributed by atoms with Crippen LogP contribution in [0.2, 0.25) is 0 Å². The van der Waals surface area contributed by atoms with E-state index in [1.54, 1.807) is 23.5 Å². The van der Waals surface area contributed by atoms with Crippen LogP contribution in [-0.4, -0.2) is 26.1 Å². The standard InChI is InChI=1S/C15H14FN5OS/c1-10(13-3-2-8-23-13)17-14(22)9-21-19-15(18-20-21)11-4-6-12(16)7-5-11/h2-8,10H,9H2,1H3,(H,17,22)/t10-/m1/s1. The Kier molecular flexibility index (Phi) is 4.42. The molecular weight excluding hydrogens is 317 g/mol. The number of hydrogen-bond donors (Lipinski definition) is 1. The van der Waals surface area contributed by atoms with Crippen molar-refractivity contribution in [1.29, 1.82) is 0 Å². The van der Waals surface area contributed by atoms with E-state index in [9.17, 15) is 9.18 Å². The fourth-order valence-electron chi connectivity index (χ4n) is 2.05. The third kappa shape index (κ3) is 3.78. The summed E-state index contributed by atoms with van der Waals surface area (Å²) in [5.41, 5.74) is 0.644. The Bertz CT molecular complexity index is 785. The number of benzene rings is 1. The minimum atomic E-state index is -0.330. The van der Waals surface area contributed by atoms with E-state index in [-0.39, 0.29) is 24.3 Å². The van der Waals surface area contributed by atoms with E-state index < -0.39 is 0 Å². The zero-order chi connectivity index (χ0) is 16.2. The molecule has 1 N–H and O–H groups in total. The number of halogens is 1. The van der Waals surface area contributed by atoms with Crippen molar-refractivity contribution in [2.45, 2.75) is 19.5 Å². The van der Waals surface area contributed by atoms with Crippen LogP contribution in [0.1, 0.15) is 17.8 Å². The van der Waals surface area contributed by atoms with Crippen LogP contribution in [0.4, 0.5) is 4.39 Å². The van der Waals surface area contributed by atoms with Gasteiger partial charge in [-0.3, -0.25) is 4.79 Å². The van der Waals surface area contributed by atoms with Crippen molar-refractivity contribution in [2.24, 2.45) is 0 Å². The average Bonchev–Trinajstić information content (AvgIpc) is 3.19. The van der Waals surface area contributed by atoms with Crippen LogP contribution in [0, 0.1) is 5.82 Å². The first-order chi connectivity index (χ1) is 11.1. The molecule has 1 aromatic carbocycles. The normalized spacial score (nSPS) is 12.1. The van der Waals surface area contributed by atoms with Crippen LogP contribution in [0.3, 0.4) is 0 Å². The number of tetrazole rings is 1. The minimum absolute atomic E-state index is 0.0239. The summed E-state index contributed by atoms with van der Waals surface area (Å²) in [4.78, 5) is 14.3. The molecule has 3 rings (SSSR count). The van der Waals surface area contributed by atoms with Crippen LogP contribution in [0.15, 0.2) is 41.8 Å². The van der Waals surface area contributed by atoms with Crippen LogP contribution >= 0.6 is 11.3 Å². The molecule has 8 heteroatoms. The number of thiophene rings is 1. The van der Waals surface area contributed by atoms with Gasteiger partial charge in [0.1, 0.15) is 12.4 Å². The monoisotopic (exact) mass is 331 g/mol. The van der Waals surface area contributed by atoms with Gasteiger partial charge in [0.2, 0.25) is 11.7 Å². The maximum atomic E-state index is 12.9. The van der Waals surface area contributed by atoms with Gasteiger partial charge in [-0.25, -0.2) is 4.39 Å². The smallest absolute Gasteiger partial charge is 0.244 e. The van der Waals surface area contributed by atoms with Gasteiger partial charge in [-0.2, -0.15) is 4.80 Å². The van der Waals surface area contributed by atoms with Gasteiger partial charge in [-0.1, -0.05) is 6.07 Å². The minimum Gasteiger partial charge on any atom is -0.347 e. The van der Waals surface area contributed by atoms with Crippen molar-refractivity contribution in [3.63, 3.8) is 0 Å². The van der Waals surface area contributed by atoms with Gasteiger partial charge >= 0.3 is 0 Å². The molecule has 0 saturated carbocycles. The topological polar surface area (TPSA) is 72.7 Å². The largest absolute Gasteiger partial charge is 0.347 e. The van der Waals surface area contributed by atoms with Crippen molar-refractivity contribution < 1.29 is 9.18 Å². The first-order valence-corrected chi connectivity index (χ1v) is 7.86. The number of hydrogen-bond acceptors (Lipinski definition) is 5. The Morgan fingerprint density at radius 3 is 2.83 bits per heavy atom. The molecular formula is C15H14FN5OS. The number of carbonyl (C=O) groups excluding carboxylic acids is 1. The molecule has 0 bridgehead atoms. The van der Waals surface area contributed by atoms with Gasteiger partial charge in [0.25, 0.3) is 0 Å². The lowest BCUT2D eigenvalue weighted by molar-refractivity contribution is -0.122. The Hall–Kier alpha value is -2.61. The fourth-order valence-corrected chi connectivity index (χ4v) is 2.78. The lowest BCUT2D eigenvalue weighted by atomic mass is 10.2. The number of carbonyl (C=O) groups is 1. The molecule has 0 saturated heterocycles. The number of amides is 1. The molecule has 0 spiro atoms. The van der Waals surface area contributed by atoms with E-state index in [4.69, 9.17) is 0 Å². The van der Waals surface area contributed by atoms with Crippen molar-refractivity contribution in [2.75, 3.05) is 0 Å². The lowest BCUT2D eigenvalue weighted by Gasteiger charge is -2.11. The number of nitrogens with zero attached hydrogens (tertiary/aromatic N) is 4. The Labute approximate surface area is 136 Å². The predicted octanol–water partition coefficient (Wildman–Crippen LogP) is 2.42. The molecule has 3 aromatic rings. The second-order valence-electron chi connectivity index (χ2n) is 4.95.